The molecule has 94 valence electrons. The number of hydrogen-bond donors (Lipinski definition) is 2. The lowest BCUT2D eigenvalue weighted by atomic mass is 10.0. The average Bonchev–Trinajstić information content (AvgIpc) is 2.67. The van der Waals surface area contributed by atoms with E-state index in [1.165, 1.54) is 19.3 Å². The van der Waals surface area contributed by atoms with Gasteiger partial charge in [-0.05, 0) is 38.8 Å². The van der Waals surface area contributed by atoms with E-state index in [1.54, 1.807) is 7.05 Å². The molecule has 0 aromatic carbocycles. The Balaban J connectivity index is 2.21. The summed E-state index contributed by atoms with van der Waals surface area (Å²) in [5.41, 5.74) is 0. The third kappa shape index (κ3) is 4.10. The van der Waals surface area contributed by atoms with Gasteiger partial charge in [-0.1, -0.05) is 13.3 Å². The first-order valence-electron chi connectivity index (χ1n) is 6.29. The van der Waals surface area contributed by atoms with Crippen molar-refractivity contribution in [1.82, 2.24) is 10.2 Å². The van der Waals surface area contributed by atoms with Gasteiger partial charge in [-0.3, -0.25) is 4.79 Å². The molecule has 0 aliphatic carbocycles. The largest absolute Gasteiger partial charge is 0.480 e. The Labute approximate surface area is 98.0 Å². The zero-order valence-corrected chi connectivity index (χ0v) is 10.4. The lowest BCUT2D eigenvalue weighted by Crippen LogP contribution is -2.37. The van der Waals surface area contributed by atoms with E-state index < -0.39 is 12.0 Å². The van der Waals surface area contributed by atoms with Gasteiger partial charge in [0.05, 0.1) is 0 Å². The molecule has 0 saturated carbocycles. The second-order valence-corrected chi connectivity index (χ2v) is 4.71. The van der Waals surface area contributed by atoms with Gasteiger partial charge >= 0.3 is 5.97 Å². The lowest BCUT2D eigenvalue weighted by molar-refractivity contribution is -0.139. The normalized spacial score (nSPS) is 23.5. The van der Waals surface area contributed by atoms with Crippen molar-refractivity contribution in [2.24, 2.45) is 5.92 Å². The highest BCUT2D eigenvalue weighted by Crippen LogP contribution is 2.20. The molecule has 4 heteroatoms. The molecule has 16 heavy (non-hydrogen) atoms. The number of nitrogens with one attached hydrogen (secondary N) is 1. The molecule has 1 aliphatic rings. The van der Waals surface area contributed by atoms with Crippen LogP contribution in [0.5, 0.6) is 0 Å². The smallest absolute Gasteiger partial charge is 0.320 e. The molecule has 2 unspecified atom stereocenters. The number of carboxylic acid groups (broad SMARTS) is 1. The number of rotatable bonds is 7. The Bertz CT molecular complexity index is 221. The Kier molecular flexibility index (Phi) is 5.77. The Hall–Kier alpha value is -0.610. The Morgan fingerprint density at radius 2 is 2.38 bits per heavy atom. The van der Waals surface area contributed by atoms with Crippen LogP contribution in [0.15, 0.2) is 0 Å². The van der Waals surface area contributed by atoms with Crippen LogP contribution < -0.4 is 5.32 Å². The fourth-order valence-corrected chi connectivity index (χ4v) is 2.46. The van der Waals surface area contributed by atoms with Crippen LogP contribution in [-0.4, -0.2) is 48.7 Å². The highest BCUT2D eigenvalue weighted by atomic mass is 16.4. The molecule has 1 saturated heterocycles. The minimum absolute atomic E-state index is 0.398. The van der Waals surface area contributed by atoms with Crippen molar-refractivity contribution in [2.45, 2.75) is 38.6 Å². The van der Waals surface area contributed by atoms with Crippen molar-refractivity contribution in [3.63, 3.8) is 0 Å². The van der Waals surface area contributed by atoms with Crippen molar-refractivity contribution < 1.29 is 9.90 Å². The van der Waals surface area contributed by atoms with Crippen molar-refractivity contribution in [1.29, 1.82) is 0 Å². The summed E-state index contributed by atoms with van der Waals surface area (Å²) in [6.45, 7) is 5.42. The third-order valence-corrected chi connectivity index (χ3v) is 3.45. The van der Waals surface area contributed by atoms with Crippen molar-refractivity contribution in [2.75, 3.05) is 26.7 Å². The molecule has 1 fully saturated rings. The molecule has 1 heterocycles. The summed E-state index contributed by atoms with van der Waals surface area (Å²) in [5.74, 6) is 0.0923. The summed E-state index contributed by atoms with van der Waals surface area (Å²) in [6, 6.07) is -0.398. The molecule has 1 aliphatic heterocycles. The molecule has 0 aromatic heterocycles. The Morgan fingerprint density at radius 3 is 2.94 bits per heavy atom. The van der Waals surface area contributed by atoms with Crippen LogP contribution in [0, 0.1) is 5.92 Å². The number of carbonyl (C=O) groups is 1. The third-order valence-electron chi connectivity index (χ3n) is 3.45. The van der Waals surface area contributed by atoms with Gasteiger partial charge in [-0.25, -0.2) is 0 Å². The first-order chi connectivity index (χ1) is 7.67. The fourth-order valence-electron chi connectivity index (χ4n) is 2.46. The zero-order valence-electron chi connectivity index (χ0n) is 10.4. The summed E-state index contributed by atoms with van der Waals surface area (Å²) in [4.78, 5) is 13.2. The standard InChI is InChI=1S/C12H24N2O2/c1-3-4-10-5-7-14(9-10)8-6-11(13-2)12(15)16/h10-11,13H,3-9H2,1-2H3,(H,15,16). The first-order valence-corrected chi connectivity index (χ1v) is 6.29. The molecule has 2 N–H and O–H groups in total. The maximum absolute atomic E-state index is 10.8. The molecular weight excluding hydrogens is 204 g/mol. The minimum Gasteiger partial charge on any atom is -0.480 e. The maximum atomic E-state index is 10.8. The van der Waals surface area contributed by atoms with Gasteiger partial charge in [0.1, 0.15) is 6.04 Å². The molecule has 0 spiro atoms. The van der Waals surface area contributed by atoms with Crippen molar-refractivity contribution in [3.05, 3.63) is 0 Å². The summed E-state index contributed by atoms with van der Waals surface area (Å²) in [7, 11) is 1.71. The van der Waals surface area contributed by atoms with Gasteiger partial charge in [0.15, 0.2) is 0 Å². The molecular formula is C12H24N2O2. The van der Waals surface area contributed by atoms with Crippen molar-refractivity contribution in [3.8, 4) is 0 Å². The number of carboxylic acids is 1. The second kappa shape index (κ2) is 6.86. The van der Waals surface area contributed by atoms with Crippen LogP contribution in [0.4, 0.5) is 0 Å². The van der Waals surface area contributed by atoms with Crippen LogP contribution >= 0.6 is 0 Å². The summed E-state index contributed by atoms with van der Waals surface area (Å²) < 4.78 is 0. The van der Waals surface area contributed by atoms with Gasteiger partial charge in [-0.15, -0.1) is 0 Å². The molecule has 0 bridgehead atoms. The SMILES string of the molecule is CCCC1CCN(CCC(NC)C(=O)O)C1. The second-order valence-electron chi connectivity index (χ2n) is 4.71. The fraction of sp³-hybridized carbons (Fsp3) is 0.917. The van der Waals surface area contributed by atoms with Crippen LogP contribution in [-0.2, 0) is 4.79 Å². The maximum Gasteiger partial charge on any atom is 0.320 e. The zero-order chi connectivity index (χ0) is 12.0. The predicted octanol–water partition coefficient (Wildman–Crippen LogP) is 1.17. The average molecular weight is 228 g/mol. The van der Waals surface area contributed by atoms with E-state index in [2.05, 4.69) is 17.1 Å². The van der Waals surface area contributed by atoms with Crippen molar-refractivity contribution >= 4 is 5.97 Å². The van der Waals surface area contributed by atoms with Gasteiger partial charge in [0, 0.05) is 13.1 Å². The molecule has 0 amide bonds. The molecule has 4 nitrogen and oxygen atoms in total. The minimum atomic E-state index is -0.744. The number of hydrogen-bond acceptors (Lipinski definition) is 3. The highest BCUT2D eigenvalue weighted by molar-refractivity contribution is 5.73. The quantitative estimate of drug-likeness (QED) is 0.687. The molecule has 1 rings (SSSR count). The summed E-state index contributed by atoms with van der Waals surface area (Å²) in [6.07, 6.45) is 4.55. The van der Waals surface area contributed by atoms with Gasteiger partial charge in [0.2, 0.25) is 0 Å². The van der Waals surface area contributed by atoms with E-state index in [4.69, 9.17) is 5.11 Å². The highest BCUT2D eigenvalue weighted by Gasteiger charge is 2.23. The van der Waals surface area contributed by atoms with Crippen LogP contribution in [0.25, 0.3) is 0 Å². The summed E-state index contributed by atoms with van der Waals surface area (Å²) >= 11 is 0. The van der Waals surface area contributed by atoms with E-state index in [0.717, 1.165) is 25.6 Å². The van der Waals surface area contributed by atoms with E-state index in [9.17, 15) is 4.79 Å². The van der Waals surface area contributed by atoms with E-state index in [0.29, 0.717) is 6.42 Å². The number of aliphatic carboxylic acids is 1. The summed E-state index contributed by atoms with van der Waals surface area (Å²) in [5, 5.41) is 11.7. The monoisotopic (exact) mass is 228 g/mol. The Morgan fingerprint density at radius 1 is 1.62 bits per heavy atom. The first kappa shape index (κ1) is 13.5. The molecule has 0 radical (unpaired) electrons. The number of likely N-dealkylation sites (N-methyl/N-ethyl adjacent to an activating group) is 1. The topological polar surface area (TPSA) is 52.6 Å². The van der Waals surface area contributed by atoms with E-state index in [1.807, 2.05) is 0 Å². The van der Waals surface area contributed by atoms with Gasteiger partial charge in [-0.2, -0.15) is 0 Å². The van der Waals surface area contributed by atoms with E-state index >= 15 is 0 Å². The molecule has 0 aromatic rings. The van der Waals surface area contributed by atoms with E-state index in [-0.39, 0.29) is 0 Å². The van der Waals surface area contributed by atoms with Crippen LogP contribution in [0.1, 0.15) is 32.6 Å². The molecule has 2 atom stereocenters. The van der Waals surface area contributed by atoms with Gasteiger partial charge in [0.25, 0.3) is 0 Å². The van der Waals surface area contributed by atoms with Crippen LogP contribution in [0.3, 0.4) is 0 Å². The van der Waals surface area contributed by atoms with Gasteiger partial charge < -0.3 is 15.3 Å². The number of nitrogens with zero attached hydrogens (tertiary/aromatic N) is 1. The lowest BCUT2D eigenvalue weighted by Gasteiger charge is -2.18. The predicted molar refractivity (Wildman–Crippen MR) is 64.6 cm³/mol. The number of likely N-dealkylation sites (tertiary alicyclic amines) is 1. The van der Waals surface area contributed by atoms with Crippen LogP contribution in [0.2, 0.25) is 0 Å².